The lowest BCUT2D eigenvalue weighted by molar-refractivity contribution is 0.104. The van der Waals surface area contributed by atoms with Crippen LogP contribution in [0.25, 0.3) is 11.2 Å². The van der Waals surface area contributed by atoms with Gasteiger partial charge >= 0.3 is 0 Å². The highest BCUT2D eigenvalue weighted by Gasteiger charge is 2.05. The summed E-state index contributed by atoms with van der Waals surface area (Å²) in [6.07, 6.45) is 2.69. The molecule has 5 nitrogen and oxygen atoms in total. The van der Waals surface area contributed by atoms with Gasteiger partial charge in [0.2, 0.25) is 5.65 Å². The zero-order chi connectivity index (χ0) is 9.26. The van der Waals surface area contributed by atoms with Crippen LogP contribution in [0, 0.1) is 0 Å². The van der Waals surface area contributed by atoms with E-state index in [1.54, 1.807) is 6.07 Å². The molecule has 5 heteroatoms. The highest BCUT2D eigenvalue weighted by molar-refractivity contribution is 6.05. The molecule has 0 aliphatic carbocycles. The highest BCUT2D eigenvalue weighted by Crippen LogP contribution is 2.07. The van der Waals surface area contributed by atoms with Crippen molar-refractivity contribution in [3.8, 4) is 0 Å². The molecule has 64 valence electrons. The summed E-state index contributed by atoms with van der Waals surface area (Å²) in [4.78, 5) is 15.1. The number of aromatic amines is 1. The third kappa shape index (κ3) is 1.20. The van der Waals surface area contributed by atoms with E-state index in [2.05, 4.69) is 27.0 Å². The van der Waals surface area contributed by atoms with Crippen LogP contribution in [0.5, 0.6) is 0 Å². The normalized spacial score (nSPS) is 10.2. The van der Waals surface area contributed by atoms with Gasteiger partial charge in [-0.05, 0) is 12.1 Å². The van der Waals surface area contributed by atoms with Crippen molar-refractivity contribution in [2.75, 3.05) is 0 Å². The number of aromatic nitrogens is 4. The standard InChI is InChI=1S/C8H6N4O/c1-2-7(13)5-3-6-8(9-4-5)11-12-10-6/h2-4H,1H2,(H,9,10,11,12). The average Bonchev–Trinajstić information content (AvgIpc) is 2.63. The minimum Gasteiger partial charge on any atom is -0.289 e. The molecule has 0 unspecified atom stereocenters. The predicted molar refractivity (Wildman–Crippen MR) is 46.2 cm³/mol. The third-order valence-electron chi connectivity index (χ3n) is 1.64. The van der Waals surface area contributed by atoms with Crippen LogP contribution < -0.4 is 0 Å². The summed E-state index contributed by atoms with van der Waals surface area (Å²) >= 11 is 0. The Bertz CT molecular complexity index is 474. The van der Waals surface area contributed by atoms with Crippen molar-refractivity contribution in [3.05, 3.63) is 30.5 Å². The molecule has 0 amide bonds. The maximum atomic E-state index is 11.2. The number of fused-ring (bicyclic) bond motifs is 1. The molecule has 0 radical (unpaired) electrons. The number of H-pyrrole nitrogens is 1. The number of hydrogen-bond acceptors (Lipinski definition) is 4. The first-order valence-corrected chi connectivity index (χ1v) is 3.64. The molecule has 0 saturated heterocycles. The Kier molecular flexibility index (Phi) is 1.63. The molecule has 2 heterocycles. The lowest BCUT2D eigenvalue weighted by Crippen LogP contribution is -1.94. The van der Waals surface area contributed by atoms with Gasteiger partial charge in [-0.1, -0.05) is 6.58 Å². The largest absolute Gasteiger partial charge is 0.289 e. The van der Waals surface area contributed by atoms with Crippen LogP contribution in [0.4, 0.5) is 0 Å². The van der Waals surface area contributed by atoms with Gasteiger partial charge in [0.05, 0.1) is 0 Å². The van der Waals surface area contributed by atoms with Gasteiger partial charge in [-0.15, -0.1) is 5.10 Å². The minimum atomic E-state index is -0.169. The van der Waals surface area contributed by atoms with Crippen molar-refractivity contribution in [2.24, 2.45) is 0 Å². The number of hydrogen-bond donors (Lipinski definition) is 1. The van der Waals surface area contributed by atoms with Gasteiger partial charge in [0.15, 0.2) is 5.78 Å². The van der Waals surface area contributed by atoms with Gasteiger partial charge in [-0.25, -0.2) is 4.98 Å². The summed E-state index contributed by atoms with van der Waals surface area (Å²) in [5.74, 6) is -0.169. The van der Waals surface area contributed by atoms with Crippen LogP contribution in [-0.4, -0.2) is 26.2 Å². The van der Waals surface area contributed by atoms with E-state index >= 15 is 0 Å². The van der Waals surface area contributed by atoms with Crippen LogP contribution in [0.3, 0.4) is 0 Å². The Morgan fingerprint density at radius 2 is 2.38 bits per heavy atom. The fourth-order valence-electron chi connectivity index (χ4n) is 0.993. The molecule has 0 aromatic carbocycles. The fourth-order valence-corrected chi connectivity index (χ4v) is 0.993. The van der Waals surface area contributed by atoms with E-state index in [-0.39, 0.29) is 5.78 Å². The summed E-state index contributed by atoms with van der Waals surface area (Å²) in [6, 6.07) is 1.62. The number of nitrogens with one attached hydrogen (secondary N) is 1. The molecule has 0 saturated carbocycles. The fraction of sp³-hybridized carbons (Fsp3) is 0. The molecular weight excluding hydrogens is 168 g/mol. The van der Waals surface area contributed by atoms with Crippen molar-refractivity contribution < 1.29 is 4.79 Å². The average molecular weight is 174 g/mol. The maximum absolute atomic E-state index is 11.2. The second kappa shape index (κ2) is 2.78. The van der Waals surface area contributed by atoms with Gasteiger partial charge in [-0.3, -0.25) is 4.79 Å². The second-order valence-corrected chi connectivity index (χ2v) is 2.46. The third-order valence-corrected chi connectivity index (χ3v) is 1.64. The van der Waals surface area contributed by atoms with Crippen molar-refractivity contribution in [3.63, 3.8) is 0 Å². The van der Waals surface area contributed by atoms with E-state index in [4.69, 9.17) is 0 Å². The lowest BCUT2D eigenvalue weighted by Gasteiger charge is -1.92. The number of rotatable bonds is 2. The van der Waals surface area contributed by atoms with Crippen LogP contribution in [0.2, 0.25) is 0 Å². The van der Waals surface area contributed by atoms with Crippen LogP contribution >= 0.6 is 0 Å². The van der Waals surface area contributed by atoms with Crippen molar-refractivity contribution >= 4 is 16.9 Å². The predicted octanol–water partition coefficient (Wildman–Crippen LogP) is 0.722. The van der Waals surface area contributed by atoms with Crippen molar-refractivity contribution in [1.82, 2.24) is 20.4 Å². The monoisotopic (exact) mass is 174 g/mol. The number of carbonyl (C=O) groups excluding carboxylic acids is 1. The van der Waals surface area contributed by atoms with Crippen molar-refractivity contribution in [2.45, 2.75) is 0 Å². The molecule has 0 spiro atoms. The zero-order valence-corrected chi connectivity index (χ0v) is 6.69. The quantitative estimate of drug-likeness (QED) is 0.538. The first-order chi connectivity index (χ1) is 6.31. The van der Waals surface area contributed by atoms with Gasteiger partial charge < -0.3 is 0 Å². The molecule has 0 bridgehead atoms. The molecule has 2 aromatic heterocycles. The Hall–Kier alpha value is -2.04. The Morgan fingerprint density at radius 3 is 3.15 bits per heavy atom. The summed E-state index contributed by atoms with van der Waals surface area (Å²) < 4.78 is 0. The van der Waals surface area contributed by atoms with Crippen LogP contribution in [0.1, 0.15) is 10.4 Å². The number of pyridine rings is 1. The van der Waals surface area contributed by atoms with E-state index < -0.39 is 0 Å². The number of carbonyl (C=O) groups is 1. The SMILES string of the molecule is C=CC(=O)c1cnc2n[nH]nc2c1. The van der Waals surface area contributed by atoms with E-state index in [9.17, 15) is 4.79 Å². The van der Waals surface area contributed by atoms with Crippen LogP contribution in [0.15, 0.2) is 24.9 Å². The van der Waals surface area contributed by atoms with Gasteiger partial charge in [-0.2, -0.15) is 10.3 Å². The Balaban J connectivity index is 2.60. The first kappa shape index (κ1) is 7.60. The van der Waals surface area contributed by atoms with Gasteiger partial charge in [0.25, 0.3) is 0 Å². The first-order valence-electron chi connectivity index (χ1n) is 3.64. The van der Waals surface area contributed by atoms with E-state index in [1.165, 1.54) is 12.3 Å². The van der Waals surface area contributed by atoms with Gasteiger partial charge in [0.1, 0.15) is 5.52 Å². The summed E-state index contributed by atoms with van der Waals surface area (Å²) in [5.41, 5.74) is 1.55. The molecule has 2 aromatic rings. The number of ketones is 1. The summed E-state index contributed by atoms with van der Waals surface area (Å²) in [6.45, 7) is 3.38. The smallest absolute Gasteiger partial charge is 0.201 e. The van der Waals surface area contributed by atoms with Crippen LogP contribution in [-0.2, 0) is 0 Å². The molecule has 1 N–H and O–H groups in total. The molecule has 0 aliphatic heterocycles. The zero-order valence-electron chi connectivity index (χ0n) is 6.69. The van der Waals surface area contributed by atoms with E-state index in [1.807, 2.05) is 0 Å². The maximum Gasteiger partial charge on any atom is 0.201 e. The summed E-state index contributed by atoms with van der Waals surface area (Å²) in [7, 11) is 0. The van der Waals surface area contributed by atoms with E-state index in [0.29, 0.717) is 16.7 Å². The molecule has 13 heavy (non-hydrogen) atoms. The number of allylic oxidation sites excluding steroid dienone is 1. The topological polar surface area (TPSA) is 71.5 Å². The molecule has 0 fully saturated rings. The van der Waals surface area contributed by atoms with Gasteiger partial charge in [0, 0.05) is 11.8 Å². The van der Waals surface area contributed by atoms with Crippen molar-refractivity contribution in [1.29, 1.82) is 0 Å². The molecule has 2 rings (SSSR count). The lowest BCUT2D eigenvalue weighted by atomic mass is 10.2. The highest BCUT2D eigenvalue weighted by atomic mass is 16.1. The Labute approximate surface area is 73.5 Å². The second-order valence-electron chi connectivity index (χ2n) is 2.46. The molecule has 0 aliphatic rings. The minimum absolute atomic E-state index is 0.169. The molecule has 0 atom stereocenters. The van der Waals surface area contributed by atoms with E-state index in [0.717, 1.165) is 0 Å². The molecular formula is C8H6N4O. The number of nitrogens with zero attached hydrogens (tertiary/aromatic N) is 3. The Morgan fingerprint density at radius 1 is 1.54 bits per heavy atom. The summed E-state index contributed by atoms with van der Waals surface area (Å²) in [5, 5.41) is 9.99.